The van der Waals surface area contributed by atoms with Crippen LogP contribution in [0.4, 0.5) is 16.3 Å². The van der Waals surface area contributed by atoms with Gasteiger partial charge in [0.2, 0.25) is 0 Å². The molecule has 0 unspecified atom stereocenters. The molecule has 5 nitrogen and oxygen atoms in total. The molecule has 1 aromatic carbocycles. The van der Waals surface area contributed by atoms with Crippen molar-refractivity contribution in [2.45, 2.75) is 49.6 Å². The number of hydrogen-bond donors (Lipinski definition) is 0. The normalized spacial score (nSPS) is 13.0. The van der Waals surface area contributed by atoms with Crippen molar-refractivity contribution in [2.24, 2.45) is 0 Å². The lowest BCUT2D eigenvalue weighted by Crippen LogP contribution is -3.00. The molecule has 0 saturated carbocycles. The van der Waals surface area contributed by atoms with Crippen LogP contribution in [-0.2, 0) is 4.74 Å². The van der Waals surface area contributed by atoms with Gasteiger partial charge in [0.25, 0.3) is 0 Å². The van der Waals surface area contributed by atoms with Crippen LogP contribution in [0.5, 0.6) is 0 Å². The van der Waals surface area contributed by atoms with E-state index in [1.807, 2.05) is 36.4 Å². The van der Waals surface area contributed by atoms with E-state index in [0.29, 0.717) is 24.5 Å². The average molecular weight is 513 g/mol. The van der Waals surface area contributed by atoms with Gasteiger partial charge in [0, 0.05) is 11.1 Å². The van der Waals surface area contributed by atoms with E-state index in [0.717, 1.165) is 26.5 Å². The van der Waals surface area contributed by atoms with Crippen molar-refractivity contribution in [3.63, 3.8) is 0 Å². The first-order valence-corrected chi connectivity index (χ1v) is 10.2. The lowest BCUT2D eigenvalue weighted by molar-refractivity contribution is -0.949. The summed E-state index contributed by atoms with van der Waals surface area (Å²) < 4.78 is 6.57. The zero-order chi connectivity index (χ0) is 19.6. The zero-order valence-electron chi connectivity index (χ0n) is 17.1. The Hall–Kier alpha value is -1.32. The van der Waals surface area contributed by atoms with Gasteiger partial charge in [-0.3, -0.25) is 0 Å². The number of likely N-dealkylation sites (N-methyl/N-ethyl adjacent to an activating group) is 1. The Labute approximate surface area is 189 Å². The summed E-state index contributed by atoms with van der Waals surface area (Å²) in [5.41, 5.74) is 0.823. The zero-order valence-corrected chi connectivity index (χ0v) is 20.0. The number of quaternary nitrogens is 1. The quantitative estimate of drug-likeness (QED) is 0.454. The third-order valence-corrected chi connectivity index (χ3v) is 6.73. The largest absolute Gasteiger partial charge is 1.00 e. The summed E-state index contributed by atoms with van der Waals surface area (Å²) in [6, 6.07) is 12.6. The van der Waals surface area contributed by atoms with Gasteiger partial charge >= 0.3 is 6.09 Å². The molecule has 2 heterocycles. The van der Waals surface area contributed by atoms with Gasteiger partial charge < -0.3 is 33.2 Å². The molecule has 0 N–H and O–H groups in total. The SMILES string of the molecule is CC(C)[N+](C)(CCOC(=O)N1c2ccccc2Sc2cccnc21)C(C)C.[I-]. The Morgan fingerprint density at radius 3 is 2.43 bits per heavy atom. The summed E-state index contributed by atoms with van der Waals surface area (Å²) in [5, 5.41) is 0. The van der Waals surface area contributed by atoms with Gasteiger partial charge in [-0.2, -0.15) is 0 Å². The fourth-order valence-corrected chi connectivity index (χ4v) is 4.31. The molecule has 0 atom stereocenters. The van der Waals surface area contributed by atoms with Crippen molar-refractivity contribution in [1.82, 2.24) is 4.98 Å². The van der Waals surface area contributed by atoms with Crippen molar-refractivity contribution in [2.75, 3.05) is 25.1 Å². The second-order valence-corrected chi connectivity index (χ2v) is 8.69. The lowest BCUT2D eigenvalue weighted by Gasteiger charge is -2.42. The summed E-state index contributed by atoms with van der Waals surface area (Å²) in [6.07, 6.45) is 1.33. The standard InChI is InChI=1S/C21H28N3O2S.HI/c1-15(2)24(5,16(3)4)13-14-26-21(25)23-17-9-6-7-10-18(17)27-19-11-8-12-22-20(19)23;/h6-12,15-16H,13-14H2,1-5H3;1H/q+1;/p-1. The molecule has 0 aliphatic carbocycles. The van der Waals surface area contributed by atoms with E-state index in [1.165, 1.54) is 0 Å². The Balaban J connectivity index is 0.00000280. The monoisotopic (exact) mass is 513 g/mol. The number of amides is 1. The molecule has 0 fully saturated rings. The van der Waals surface area contributed by atoms with E-state index in [2.05, 4.69) is 39.7 Å². The fraction of sp³-hybridized carbons (Fsp3) is 0.429. The Bertz CT molecular complexity index is 775. The minimum absolute atomic E-state index is 0. The minimum atomic E-state index is -0.373. The number of fused-ring (bicyclic) bond motifs is 2. The molecule has 1 aliphatic rings. The number of carbonyl (C=O) groups is 1. The van der Waals surface area contributed by atoms with E-state index in [-0.39, 0.29) is 30.1 Å². The number of rotatable bonds is 5. The number of aromatic nitrogens is 1. The van der Waals surface area contributed by atoms with E-state index in [9.17, 15) is 4.79 Å². The molecule has 3 rings (SSSR count). The molecule has 1 aliphatic heterocycles. The summed E-state index contributed by atoms with van der Waals surface area (Å²) >= 11 is 1.62. The third kappa shape index (κ3) is 4.46. The number of benzene rings is 1. The Morgan fingerprint density at radius 2 is 1.75 bits per heavy atom. The third-order valence-electron chi connectivity index (χ3n) is 5.63. The first-order chi connectivity index (χ1) is 12.8. The first-order valence-electron chi connectivity index (χ1n) is 9.38. The number of pyridine rings is 1. The van der Waals surface area contributed by atoms with Crippen LogP contribution in [-0.4, -0.2) is 47.8 Å². The number of para-hydroxylation sites is 1. The Kier molecular flexibility index (Phi) is 7.75. The summed E-state index contributed by atoms with van der Waals surface area (Å²) in [6.45, 7) is 9.99. The first kappa shape index (κ1) is 23.0. The van der Waals surface area contributed by atoms with Crippen molar-refractivity contribution in [1.29, 1.82) is 0 Å². The molecule has 0 spiro atoms. The number of hydrogen-bond acceptors (Lipinski definition) is 4. The van der Waals surface area contributed by atoms with Gasteiger partial charge in [-0.1, -0.05) is 23.9 Å². The second-order valence-electron chi connectivity index (χ2n) is 7.60. The Morgan fingerprint density at radius 1 is 1.11 bits per heavy atom. The average Bonchev–Trinajstić information content (AvgIpc) is 2.65. The van der Waals surface area contributed by atoms with Crippen molar-refractivity contribution >= 4 is 29.4 Å². The van der Waals surface area contributed by atoms with Gasteiger partial charge in [-0.15, -0.1) is 0 Å². The highest BCUT2D eigenvalue weighted by atomic mass is 127. The maximum Gasteiger partial charge on any atom is 0.420 e. The number of anilines is 2. The molecule has 28 heavy (non-hydrogen) atoms. The minimum Gasteiger partial charge on any atom is -1.00 e. The summed E-state index contributed by atoms with van der Waals surface area (Å²) in [5.74, 6) is 0.635. The van der Waals surface area contributed by atoms with Gasteiger partial charge in [0.1, 0.15) is 13.2 Å². The second kappa shape index (κ2) is 9.45. The molecule has 1 amide bonds. The van der Waals surface area contributed by atoms with Gasteiger partial charge in [-0.25, -0.2) is 14.7 Å². The summed E-state index contributed by atoms with van der Waals surface area (Å²) in [7, 11) is 2.22. The fourth-order valence-electron chi connectivity index (χ4n) is 3.28. The maximum atomic E-state index is 13.0. The van der Waals surface area contributed by atoms with E-state index in [1.54, 1.807) is 22.9 Å². The lowest BCUT2D eigenvalue weighted by atomic mass is 10.1. The highest BCUT2D eigenvalue weighted by Crippen LogP contribution is 2.47. The topological polar surface area (TPSA) is 42.4 Å². The van der Waals surface area contributed by atoms with Gasteiger partial charge in [-0.05, 0) is 52.0 Å². The molecule has 1 aromatic heterocycles. The molecule has 2 aromatic rings. The van der Waals surface area contributed by atoms with E-state index < -0.39 is 0 Å². The van der Waals surface area contributed by atoms with Crippen LogP contribution >= 0.6 is 11.8 Å². The van der Waals surface area contributed by atoms with Crippen LogP contribution < -0.4 is 28.9 Å². The molecular formula is C21H28IN3O2S. The highest BCUT2D eigenvalue weighted by molar-refractivity contribution is 7.99. The molecule has 152 valence electrons. The van der Waals surface area contributed by atoms with Gasteiger partial charge in [0.15, 0.2) is 5.82 Å². The number of ether oxygens (including phenoxy) is 1. The number of carbonyl (C=O) groups excluding carboxylic acids is 1. The van der Waals surface area contributed by atoms with E-state index >= 15 is 0 Å². The van der Waals surface area contributed by atoms with Crippen LogP contribution in [0, 0.1) is 0 Å². The van der Waals surface area contributed by atoms with Crippen LogP contribution in [0.1, 0.15) is 27.7 Å². The highest BCUT2D eigenvalue weighted by Gasteiger charge is 2.33. The number of halogens is 1. The maximum absolute atomic E-state index is 13.0. The molecule has 0 bridgehead atoms. The predicted octanol–water partition coefficient (Wildman–Crippen LogP) is 2.09. The molecule has 0 saturated heterocycles. The molecule has 7 heteroatoms. The molecular weight excluding hydrogens is 485 g/mol. The van der Waals surface area contributed by atoms with Crippen LogP contribution in [0.2, 0.25) is 0 Å². The smallest absolute Gasteiger partial charge is 0.420 e. The van der Waals surface area contributed by atoms with E-state index in [4.69, 9.17) is 4.74 Å². The van der Waals surface area contributed by atoms with Crippen LogP contribution in [0.3, 0.4) is 0 Å². The van der Waals surface area contributed by atoms with Crippen LogP contribution in [0.25, 0.3) is 0 Å². The molecule has 0 radical (unpaired) electrons. The predicted molar refractivity (Wildman–Crippen MR) is 110 cm³/mol. The van der Waals surface area contributed by atoms with Crippen LogP contribution in [0.15, 0.2) is 52.4 Å². The summed E-state index contributed by atoms with van der Waals surface area (Å²) in [4.78, 5) is 21.0. The van der Waals surface area contributed by atoms with Crippen molar-refractivity contribution in [3.8, 4) is 0 Å². The van der Waals surface area contributed by atoms with Crippen molar-refractivity contribution < 1.29 is 38.0 Å². The van der Waals surface area contributed by atoms with Gasteiger partial charge in [0.05, 0.1) is 29.7 Å². The number of nitrogens with zero attached hydrogens (tertiary/aromatic N) is 3. The van der Waals surface area contributed by atoms with Crippen molar-refractivity contribution in [3.05, 3.63) is 42.6 Å².